The predicted octanol–water partition coefficient (Wildman–Crippen LogP) is 5.11. The highest BCUT2D eigenvalue weighted by molar-refractivity contribution is 7.89. The van der Waals surface area contributed by atoms with E-state index < -0.39 is 16.0 Å². The quantitative estimate of drug-likeness (QED) is 0.332. The zero-order chi connectivity index (χ0) is 26.7. The summed E-state index contributed by atoms with van der Waals surface area (Å²) in [6.45, 7) is 4.25. The Kier molecular flexibility index (Phi) is 7.61. The Hall–Kier alpha value is -3.75. The summed E-state index contributed by atoms with van der Waals surface area (Å²) in [5.41, 5.74) is 4.95. The van der Waals surface area contributed by atoms with Crippen LogP contribution in [0.4, 0.5) is 5.69 Å². The number of nitrogens with zero attached hydrogens (tertiary/aromatic N) is 3. The van der Waals surface area contributed by atoms with E-state index in [1.54, 1.807) is 24.4 Å². The number of rotatable bonds is 9. The van der Waals surface area contributed by atoms with Crippen LogP contribution in [0.1, 0.15) is 23.6 Å². The lowest BCUT2D eigenvalue weighted by molar-refractivity contribution is -0.136. The van der Waals surface area contributed by atoms with Gasteiger partial charge in [0.25, 0.3) is 0 Å². The Morgan fingerprint density at radius 3 is 2.41 bits per heavy atom. The number of pyridine rings is 1. The topological polar surface area (TPSA) is 90.8 Å². The normalized spacial score (nSPS) is 11.7. The first-order valence-electron chi connectivity index (χ1n) is 12.1. The monoisotopic (exact) mass is 517 g/mol. The third-order valence-electron chi connectivity index (χ3n) is 6.38. The van der Waals surface area contributed by atoms with Crippen molar-refractivity contribution >= 4 is 32.5 Å². The van der Waals surface area contributed by atoms with Crippen molar-refractivity contribution < 1.29 is 18.3 Å². The second-order valence-corrected chi connectivity index (χ2v) is 11.2. The molecule has 0 saturated heterocycles. The minimum Gasteiger partial charge on any atom is -0.481 e. The fraction of sp³-hybridized carbons (Fsp3) is 0.241. The summed E-state index contributed by atoms with van der Waals surface area (Å²) < 4.78 is 29.5. The van der Waals surface area contributed by atoms with Crippen molar-refractivity contribution in [3.8, 4) is 11.1 Å². The van der Waals surface area contributed by atoms with Crippen molar-refractivity contribution in [3.63, 3.8) is 0 Å². The van der Waals surface area contributed by atoms with Gasteiger partial charge in [-0.1, -0.05) is 55.0 Å². The van der Waals surface area contributed by atoms with Gasteiger partial charge in [0.2, 0.25) is 10.0 Å². The zero-order valence-electron chi connectivity index (χ0n) is 21.5. The molecule has 1 N–H and O–H groups in total. The molecular formula is C29H31N3O4S. The van der Waals surface area contributed by atoms with E-state index in [2.05, 4.69) is 4.98 Å². The van der Waals surface area contributed by atoms with E-state index in [-0.39, 0.29) is 24.4 Å². The summed E-state index contributed by atoms with van der Waals surface area (Å²) >= 11 is 0. The van der Waals surface area contributed by atoms with Gasteiger partial charge in [0.1, 0.15) is 0 Å². The molecule has 4 rings (SSSR count). The number of sulfonamides is 1. The lowest BCUT2D eigenvalue weighted by atomic mass is 9.97. The second-order valence-electron chi connectivity index (χ2n) is 9.27. The van der Waals surface area contributed by atoms with E-state index in [0.717, 1.165) is 33.3 Å². The minimum atomic E-state index is -3.83. The molecule has 1 aromatic heterocycles. The van der Waals surface area contributed by atoms with Gasteiger partial charge < -0.3 is 10.0 Å². The van der Waals surface area contributed by atoms with Crippen LogP contribution < -0.4 is 4.90 Å². The lowest BCUT2D eigenvalue weighted by Crippen LogP contribution is -2.31. The highest BCUT2D eigenvalue weighted by Gasteiger charge is 2.27. The van der Waals surface area contributed by atoms with Gasteiger partial charge in [0.15, 0.2) is 0 Å². The molecule has 8 heteroatoms. The van der Waals surface area contributed by atoms with Gasteiger partial charge in [-0.2, -0.15) is 4.31 Å². The number of aromatic nitrogens is 1. The summed E-state index contributed by atoms with van der Waals surface area (Å²) in [7, 11) is 0.0440. The number of hydrogen-bond donors (Lipinski definition) is 1. The number of anilines is 1. The Balaban J connectivity index is 1.78. The van der Waals surface area contributed by atoms with Gasteiger partial charge in [-0.05, 0) is 41.8 Å². The predicted molar refractivity (Wildman–Crippen MR) is 147 cm³/mol. The van der Waals surface area contributed by atoms with Crippen LogP contribution in [0.25, 0.3) is 21.9 Å². The molecule has 37 heavy (non-hydrogen) atoms. The summed E-state index contributed by atoms with van der Waals surface area (Å²) in [4.78, 5) is 17.7. The molecular weight excluding hydrogens is 486 g/mol. The molecule has 0 bridgehead atoms. The Bertz CT molecular complexity index is 1560. The molecule has 0 spiro atoms. The molecule has 192 valence electrons. The van der Waals surface area contributed by atoms with Crippen LogP contribution in [0, 0.1) is 6.92 Å². The van der Waals surface area contributed by atoms with E-state index in [1.807, 2.05) is 75.3 Å². The molecule has 1 heterocycles. The summed E-state index contributed by atoms with van der Waals surface area (Å²) in [5.74, 6) is -0.932. The Morgan fingerprint density at radius 1 is 0.973 bits per heavy atom. The maximum Gasteiger partial charge on any atom is 0.307 e. The first-order valence-corrected chi connectivity index (χ1v) is 13.5. The third-order valence-corrected chi connectivity index (χ3v) is 8.36. The molecule has 0 unspecified atom stereocenters. The van der Waals surface area contributed by atoms with E-state index in [9.17, 15) is 18.3 Å². The zero-order valence-corrected chi connectivity index (χ0v) is 22.3. The van der Waals surface area contributed by atoms with E-state index in [0.29, 0.717) is 10.9 Å². The second kappa shape index (κ2) is 10.7. The van der Waals surface area contributed by atoms with Crippen LogP contribution in [-0.2, 0) is 27.8 Å². The molecule has 0 aliphatic heterocycles. The van der Waals surface area contributed by atoms with Crippen LogP contribution in [-0.4, -0.2) is 49.4 Å². The van der Waals surface area contributed by atoms with E-state index in [4.69, 9.17) is 0 Å². The van der Waals surface area contributed by atoms with Gasteiger partial charge in [-0.25, -0.2) is 8.42 Å². The van der Waals surface area contributed by atoms with Crippen LogP contribution in [0.2, 0.25) is 0 Å². The van der Waals surface area contributed by atoms with Gasteiger partial charge >= 0.3 is 5.97 Å². The molecule has 7 nitrogen and oxygen atoms in total. The first-order chi connectivity index (χ1) is 17.6. The number of benzene rings is 3. The number of carboxylic acids is 1. The SMILES string of the molecule is CCN(Cc1cc(C)ccc1-c1cncc(CC(=O)O)c1)S(=O)(=O)c1cccc2c(N(C)C)cccc12. The maximum absolute atomic E-state index is 14.0. The van der Waals surface area contributed by atoms with Crippen molar-refractivity contribution in [1.82, 2.24) is 9.29 Å². The number of hydrogen-bond acceptors (Lipinski definition) is 5. The Labute approximate surface area is 218 Å². The average molecular weight is 518 g/mol. The highest BCUT2D eigenvalue weighted by Crippen LogP contribution is 2.33. The molecule has 0 fully saturated rings. The van der Waals surface area contributed by atoms with Crippen LogP contribution >= 0.6 is 0 Å². The molecule has 0 aliphatic carbocycles. The van der Waals surface area contributed by atoms with E-state index >= 15 is 0 Å². The molecule has 3 aromatic carbocycles. The fourth-order valence-corrected chi connectivity index (χ4v) is 6.25. The largest absolute Gasteiger partial charge is 0.481 e. The first kappa shape index (κ1) is 26.3. The van der Waals surface area contributed by atoms with E-state index in [1.165, 1.54) is 10.5 Å². The van der Waals surface area contributed by atoms with Crippen LogP contribution in [0.3, 0.4) is 0 Å². The van der Waals surface area contributed by atoms with Crippen molar-refractivity contribution in [2.75, 3.05) is 25.5 Å². The summed E-state index contributed by atoms with van der Waals surface area (Å²) in [5, 5.41) is 10.7. The van der Waals surface area contributed by atoms with Crippen LogP contribution in [0.5, 0.6) is 0 Å². The molecule has 4 aromatic rings. The van der Waals surface area contributed by atoms with Crippen molar-refractivity contribution in [2.24, 2.45) is 0 Å². The number of aryl methyl sites for hydroxylation is 1. The number of aliphatic carboxylic acids is 1. The van der Waals surface area contributed by atoms with Crippen molar-refractivity contribution in [1.29, 1.82) is 0 Å². The smallest absolute Gasteiger partial charge is 0.307 e. The van der Waals surface area contributed by atoms with Crippen LogP contribution in [0.15, 0.2) is 78.0 Å². The summed E-state index contributed by atoms with van der Waals surface area (Å²) in [6.07, 6.45) is 3.09. The third kappa shape index (κ3) is 5.50. The fourth-order valence-electron chi connectivity index (χ4n) is 4.62. The van der Waals surface area contributed by atoms with Crippen molar-refractivity contribution in [3.05, 3.63) is 89.7 Å². The van der Waals surface area contributed by atoms with Gasteiger partial charge in [-0.3, -0.25) is 9.78 Å². The van der Waals surface area contributed by atoms with Gasteiger partial charge in [0.05, 0.1) is 11.3 Å². The minimum absolute atomic E-state index is 0.131. The van der Waals surface area contributed by atoms with Gasteiger partial charge in [-0.15, -0.1) is 0 Å². The molecule has 0 amide bonds. The standard InChI is InChI=1S/C29H31N3O4S/c1-5-32(37(35,36)28-11-7-8-25-26(28)9-6-10-27(25)31(3)4)19-23-14-20(2)12-13-24(23)22-15-21(16-29(33)34)17-30-18-22/h6-15,17-18H,5,16,19H2,1-4H3,(H,33,34). The average Bonchev–Trinajstić information content (AvgIpc) is 2.86. The number of carboxylic acid groups (broad SMARTS) is 1. The Morgan fingerprint density at radius 2 is 1.70 bits per heavy atom. The molecule has 0 radical (unpaired) electrons. The molecule has 0 saturated carbocycles. The highest BCUT2D eigenvalue weighted by atomic mass is 32.2. The number of carbonyl (C=O) groups is 1. The van der Waals surface area contributed by atoms with Crippen molar-refractivity contribution in [2.45, 2.75) is 31.7 Å². The maximum atomic E-state index is 14.0. The molecule has 0 atom stereocenters. The number of fused-ring (bicyclic) bond motifs is 1. The van der Waals surface area contributed by atoms with Gasteiger partial charge in [0, 0.05) is 61.6 Å². The summed E-state index contributed by atoms with van der Waals surface area (Å²) in [6, 6.07) is 18.8. The lowest BCUT2D eigenvalue weighted by Gasteiger charge is -2.24. The molecule has 0 aliphatic rings.